The molecule has 0 bridgehead atoms. The second-order valence-corrected chi connectivity index (χ2v) is 6.19. The summed E-state index contributed by atoms with van der Waals surface area (Å²) in [6, 6.07) is 8.20. The first-order valence-corrected chi connectivity index (χ1v) is 8.62. The van der Waals surface area contributed by atoms with Gasteiger partial charge in [0.2, 0.25) is 5.91 Å². The largest absolute Gasteiger partial charge is 0.497 e. The van der Waals surface area contributed by atoms with Crippen molar-refractivity contribution in [1.29, 1.82) is 0 Å². The predicted molar refractivity (Wildman–Crippen MR) is 97.4 cm³/mol. The maximum Gasteiger partial charge on any atom is 0.237 e. The molecule has 1 N–H and O–H groups in total. The molecule has 0 aliphatic carbocycles. The van der Waals surface area contributed by atoms with E-state index in [1.807, 2.05) is 19.1 Å². The Morgan fingerprint density at radius 3 is 2.54 bits per heavy atom. The predicted octanol–water partition coefficient (Wildman–Crippen LogP) is 1.55. The third-order valence-electron chi connectivity index (χ3n) is 4.63. The second-order valence-electron chi connectivity index (χ2n) is 6.19. The molecule has 24 heavy (non-hydrogen) atoms. The summed E-state index contributed by atoms with van der Waals surface area (Å²) in [5.41, 5.74) is 1.33. The maximum atomic E-state index is 12.0. The number of hydrogen-bond acceptors (Lipinski definition) is 4. The van der Waals surface area contributed by atoms with Gasteiger partial charge in [-0.25, -0.2) is 0 Å². The molecule has 0 saturated carbocycles. The van der Waals surface area contributed by atoms with E-state index in [4.69, 9.17) is 4.74 Å². The molecule has 0 spiro atoms. The number of hydrogen-bond donors (Lipinski definition) is 1. The van der Waals surface area contributed by atoms with Gasteiger partial charge >= 0.3 is 0 Å². The Labute approximate surface area is 145 Å². The third kappa shape index (κ3) is 5.35. The van der Waals surface area contributed by atoms with Crippen molar-refractivity contribution in [2.75, 3.05) is 46.4 Å². The number of nitrogens with one attached hydrogen (secondary N) is 1. The van der Waals surface area contributed by atoms with Gasteiger partial charge in [-0.3, -0.25) is 9.69 Å². The number of carbonyl (C=O) groups excluding carboxylic acids is 1. The number of ether oxygens (including phenoxy) is 1. The molecule has 1 fully saturated rings. The fourth-order valence-electron chi connectivity index (χ4n) is 2.94. The highest BCUT2D eigenvalue weighted by Gasteiger charge is 2.24. The van der Waals surface area contributed by atoms with Crippen molar-refractivity contribution in [3.63, 3.8) is 0 Å². The van der Waals surface area contributed by atoms with Crippen LogP contribution in [0.25, 0.3) is 0 Å². The molecular weight excluding hydrogens is 302 g/mol. The van der Waals surface area contributed by atoms with Crippen molar-refractivity contribution >= 4 is 5.91 Å². The van der Waals surface area contributed by atoms with Gasteiger partial charge in [-0.05, 0) is 31.0 Å². The molecule has 1 amide bonds. The molecule has 5 heteroatoms. The van der Waals surface area contributed by atoms with Gasteiger partial charge in [-0.15, -0.1) is 6.58 Å². The highest BCUT2D eigenvalue weighted by Crippen LogP contribution is 2.13. The van der Waals surface area contributed by atoms with Crippen LogP contribution >= 0.6 is 0 Å². The van der Waals surface area contributed by atoms with E-state index < -0.39 is 0 Å². The summed E-state index contributed by atoms with van der Waals surface area (Å²) in [6.07, 6.45) is 2.75. The molecule has 1 atom stereocenters. The lowest BCUT2D eigenvalue weighted by Gasteiger charge is -2.37. The molecule has 1 aromatic rings. The van der Waals surface area contributed by atoms with Crippen molar-refractivity contribution in [1.82, 2.24) is 15.1 Å². The average molecular weight is 331 g/mol. The summed E-state index contributed by atoms with van der Waals surface area (Å²) >= 11 is 0. The summed E-state index contributed by atoms with van der Waals surface area (Å²) < 4.78 is 5.19. The Morgan fingerprint density at radius 1 is 1.29 bits per heavy atom. The van der Waals surface area contributed by atoms with E-state index in [1.165, 1.54) is 5.56 Å². The average Bonchev–Trinajstić information content (AvgIpc) is 2.64. The summed E-state index contributed by atoms with van der Waals surface area (Å²) in [7, 11) is 1.69. The van der Waals surface area contributed by atoms with Gasteiger partial charge in [0.25, 0.3) is 0 Å². The van der Waals surface area contributed by atoms with Gasteiger partial charge in [-0.2, -0.15) is 0 Å². The third-order valence-corrected chi connectivity index (χ3v) is 4.63. The molecule has 2 rings (SSSR count). The van der Waals surface area contributed by atoms with Gasteiger partial charge in [0.05, 0.1) is 13.2 Å². The van der Waals surface area contributed by atoms with E-state index >= 15 is 0 Å². The van der Waals surface area contributed by atoms with Crippen LogP contribution in [0.15, 0.2) is 36.9 Å². The summed E-state index contributed by atoms with van der Waals surface area (Å²) in [4.78, 5) is 16.7. The molecule has 1 aliphatic heterocycles. The molecule has 1 aliphatic rings. The standard InChI is InChI=1S/C19H29N3O2/c1-4-10-20-19(23)16(2)22-14-12-21(13-15-22)11-9-17-5-7-18(24-3)8-6-17/h4-8,16H,1,9-15H2,2-3H3,(H,20,23)/t16-/m0/s1. The number of methoxy groups -OCH3 is 1. The number of piperazine rings is 1. The van der Waals surface area contributed by atoms with E-state index in [0.717, 1.165) is 44.9 Å². The monoisotopic (exact) mass is 331 g/mol. The van der Waals surface area contributed by atoms with Crippen LogP contribution in [0.4, 0.5) is 0 Å². The van der Waals surface area contributed by atoms with E-state index in [2.05, 4.69) is 33.8 Å². The van der Waals surface area contributed by atoms with Crippen LogP contribution in [0, 0.1) is 0 Å². The lowest BCUT2D eigenvalue weighted by atomic mass is 10.1. The van der Waals surface area contributed by atoms with Gasteiger partial charge in [0.1, 0.15) is 5.75 Å². The van der Waals surface area contributed by atoms with Crippen molar-refractivity contribution in [2.24, 2.45) is 0 Å². The zero-order valence-electron chi connectivity index (χ0n) is 14.8. The van der Waals surface area contributed by atoms with Crippen LogP contribution in [-0.2, 0) is 11.2 Å². The highest BCUT2D eigenvalue weighted by atomic mass is 16.5. The topological polar surface area (TPSA) is 44.8 Å². The minimum Gasteiger partial charge on any atom is -0.497 e. The Morgan fingerprint density at radius 2 is 1.96 bits per heavy atom. The van der Waals surface area contributed by atoms with Crippen LogP contribution in [0.3, 0.4) is 0 Å². The van der Waals surface area contributed by atoms with Crippen molar-refractivity contribution in [2.45, 2.75) is 19.4 Å². The van der Waals surface area contributed by atoms with Crippen molar-refractivity contribution in [3.8, 4) is 5.75 Å². The van der Waals surface area contributed by atoms with Gasteiger partial charge in [0.15, 0.2) is 0 Å². The SMILES string of the molecule is C=CCNC(=O)[C@H](C)N1CCN(CCc2ccc(OC)cc2)CC1. The molecule has 1 aromatic carbocycles. The zero-order valence-corrected chi connectivity index (χ0v) is 14.8. The lowest BCUT2D eigenvalue weighted by Crippen LogP contribution is -2.54. The first kappa shape index (κ1) is 18.5. The Kier molecular flexibility index (Phi) is 7.28. The molecule has 0 unspecified atom stereocenters. The molecule has 132 valence electrons. The maximum absolute atomic E-state index is 12.0. The first-order valence-electron chi connectivity index (χ1n) is 8.62. The van der Waals surface area contributed by atoms with E-state index in [0.29, 0.717) is 6.54 Å². The van der Waals surface area contributed by atoms with Crippen molar-refractivity contribution in [3.05, 3.63) is 42.5 Å². The summed E-state index contributed by atoms with van der Waals surface area (Å²) in [5, 5.41) is 2.87. The molecule has 0 radical (unpaired) electrons. The Hall–Kier alpha value is -1.85. The van der Waals surface area contributed by atoms with Gasteiger partial charge < -0.3 is 15.0 Å². The minimum absolute atomic E-state index is 0.0753. The molecule has 5 nitrogen and oxygen atoms in total. The summed E-state index contributed by atoms with van der Waals surface area (Å²) in [5.74, 6) is 0.984. The number of benzene rings is 1. The number of amides is 1. The lowest BCUT2D eigenvalue weighted by molar-refractivity contribution is -0.126. The van der Waals surface area contributed by atoms with Crippen LogP contribution in [0.5, 0.6) is 5.75 Å². The number of nitrogens with zero attached hydrogens (tertiary/aromatic N) is 2. The highest BCUT2D eigenvalue weighted by molar-refractivity contribution is 5.81. The molecular formula is C19H29N3O2. The van der Waals surface area contributed by atoms with Crippen LogP contribution in [0.1, 0.15) is 12.5 Å². The normalized spacial score (nSPS) is 17.2. The molecule has 1 saturated heterocycles. The Bertz CT molecular complexity index is 522. The van der Waals surface area contributed by atoms with E-state index in [9.17, 15) is 4.79 Å². The minimum atomic E-state index is -0.0753. The molecule has 1 heterocycles. The number of carbonyl (C=O) groups is 1. The fraction of sp³-hybridized carbons (Fsp3) is 0.526. The smallest absolute Gasteiger partial charge is 0.237 e. The van der Waals surface area contributed by atoms with Gasteiger partial charge in [0, 0.05) is 39.3 Å². The number of rotatable bonds is 8. The Balaban J connectivity index is 1.72. The first-order chi connectivity index (χ1) is 11.6. The van der Waals surface area contributed by atoms with E-state index in [-0.39, 0.29) is 11.9 Å². The zero-order chi connectivity index (χ0) is 17.4. The molecule has 0 aromatic heterocycles. The van der Waals surface area contributed by atoms with Crippen LogP contribution in [0.2, 0.25) is 0 Å². The quantitative estimate of drug-likeness (QED) is 0.734. The van der Waals surface area contributed by atoms with Crippen molar-refractivity contribution < 1.29 is 9.53 Å². The van der Waals surface area contributed by atoms with Crippen LogP contribution in [-0.4, -0.2) is 68.1 Å². The summed E-state index contributed by atoms with van der Waals surface area (Å²) in [6.45, 7) is 11.1. The van der Waals surface area contributed by atoms with Gasteiger partial charge in [-0.1, -0.05) is 18.2 Å². The fourth-order valence-corrected chi connectivity index (χ4v) is 2.94. The van der Waals surface area contributed by atoms with Crippen LogP contribution < -0.4 is 10.1 Å². The van der Waals surface area contributed by atoms with E-state index in [1.54, 1.807) is 13.2 Å². The second kappa shape index (κ2) is 9.45.